The number of thioether (sulfide) groups is 1. The lowest BCUT2D eigenvalue weighted by molar-refractivity contribution is 0.571. The van der Waals surface area contributed by atoms with Crippen LogP contribution in [0.4, 0.5) is 5.69 Å². The SMILES string of the molecule is CCSCCCn1ncc(NCC2CC2)cc1=O. The molecule has 1 aliphatic rings. The molecular weight excluding hydrogens is 246 g/mol. The molecule has 1 aromatic heterocycles. The predicted octanol–water partition coefficient (Wildman–Crippen LogP) is 2.21. The van der Waals surface area contributed by atoms with Gasteiger partial charge in [0.25, 0.3) is 5.56 Å². The molecule has 2 rings (SSSR count). The molecule has 0 aliphatic heterocycles. The smallest absolute Gasteiger partial charge is 0.268 e. The van der Waals surface area contributed by atoms with E-state index in [9.17, 15) is 4.79 Å². The Bertz CT molecular complexity index is 428. The summed E-state index contributed by atoms with van der Waals surface area (Å²) in [6, 6.07) is 1.66. The third-order valence-electron chi connectivity index (χ3n) is 3.02. The highest BCUT2D eigenvalue weighted by Crippen LogP contribution is 2.28. The molecule has 0 aromatic carbocycles. The summed E-state index contributed by atoms with van der Waals surface area (Å²) in [5.74, 6) is 3.03. The van der Waals surface area contributed by atoms with Crippen molar-refractivity contribution in [1.82, 2.24) is 9.78 Å². The minimum Gasteiger partial charge on any atom is -0.383 e. The lowest BCUT2D eigenvalue weighted by Crippen LogP contribution is -2.23. The number of anilines is 1. The van der Waals surface area contributed by atoms with Gasteiger partial charge in [-0.05, 0) is 36.7 Å². The molecule has 4 nitrogen and oxygen atoms in total. The lowest BCUT2D eigenvalue weighted by atomic mass is 10.4. The maximum Gasteiger partial charge on any atom is 0.268 e. The Labute approximate surface area is 112 Å². The van der Waals surface area contributed by atoms with Crippen molar-refractivity contribution in [2.45, 2.75) is 32.7 Å². The van der Waals surface area contributed by atoms with E-state index in [1.807, 2.05) is 11.8 Å². The first-order chi connectivity index (χ1) is 8.79. The van der Waals surface area contributed by atoms with E-state index >= 15 is 0 Å². The number of aromatic nitrogens is 2. The van der Waals surface area contributed by atoms with Crippen molar-refractivity contribution in [2.75, 3.05) is 23.4 Å². The highest BCUT2D eigenvalue weighted by atomic mass is 32.2. The fraction of sp³-hybridized carbons (Fsp3) is 0.692. The van der Waals surface area contributed by atoms with E-state index in [1.165, 1.54) is 12.8 Å². The fourth-order valence-corrected chi connectivity index (χ4v) is 2.36. The fourth-order valence-electron chi connectivity index (χ4n) is 1.74. The van der Waals surface area contributed by atoms with Gasteiger partial charge in [0.1, 0.15) is 0 Å². The van der Waals surface area contributed by atoms with E-state index in [4.69, 9.17) is 0 Å². The van der Waals surface area contributed by atoms with Gasteiger partial charge in [-0.25, -0.2) is 4.68 Å². The van der Waals surface area contributed by atoms with Crippen LogP contribution in [0.3, 0.4) is 0 Å². The molecule has 5 heteroatoms. The molecule has 0 unspecified atom stereocenters. The van der Waals surface area contributed by atoms with Crippen LogP contribution in [0, 0.1) is 5.92 Å². The van der Waals surface area contributed by atoms with Crippen LogP contribution >= 0.6 is 11.8 Å². The van der Waals surface area contributed by atoms with Crippen molar-refractivity contribution in [3.63, 3.8) is 0 Å². The Hall–Kier alpha value is -0.970. The Kier molecular flexibility index (Phi) is 5.11. The van der Waals surface area contributed by atoms with Crippen molar-refractivity contribution < 1.29 is 0 Å². The topological polar surface area (TPSA) is 46.9 Å². The van der Waals surface area contributed by atoms with Crippen LogP contribution < -0.4 is 10.9 Å². The zero-order valence-electron chi connectivity index (χ0n) is 10.9. The molecule has 1 aromatic rings. The van der Waals surface area contributed by atoms with Gasteiger partial charge in [0.05, 0.1) is 11.9 Å². The summed E-state index contributed by atoms with van der Waals surface area (Å²) in [6.45, 7) is 3.84. The summed E-state index contributed by atoms with van der Waals surface area (Å²) in [6.07, 6.45) is 5.39. The van der Waals surface area contributed by atoms with Gasteiger partial charge in [0, 0.05) is 19.2 Å². The largest absolute Gasteiger partial charge is 0.383 e. The first kappa shape index (κ1) is 13.5. The molecule has 0 bridgehead atoms. The number of hydrogen-bond acceptors (Lipinski definition) is 4. The summed E-state index contributed by atoms with van der Waals surface area (Å²) in [7, 11) is 0. The van der Waals surface area contributed by atoms with Gasteiger partial charge in [-0.15, -0.1) is 0 Å². The molecule has 100 valence electrons. The summed E-state index contributed by atoms with van der Waals surface area (Å²) in [4.78, 5) is 11.8. The van der Waals surface area contributed by atoms with Gasteiger partial charge in [-0.1, -0.05) is 6.92 Å². The van der Waals surface area contributed by atoms with Gasteiger partial charge in [0.2, 0.25) is 0 Å². The third kappa shape index (κ3) is 4.37. The van der Waals surface area contributed by atoms with E-state index in [-0.39, 0.29) is 5.56 Å². The third-order valence-corrected chi connectivity index (χ3v) is 4.01. The van der Waals surface area contributed by atoms with Crippen LogP contribution in [0.1, 0.15) is 26.2 Å². The molecule has 1 aliphatic carbocycles. The lowest BCUT2D eigenvalue weighted by Gasteiger charge is -2.07. The Morgan fingerprint density at radius 3 is 3.06 bits per heavy atom. The van der Waals surface area contributed by atoms with Crippen molar-refractivity contribution in [2.24, 2.45) is 5.92 Å². The number of nitrogens with one attached hydrogen (secondary N) is 1. The molecule has 0 spiro atoms. The van der Waals surface area contributed by atoms with Crippen LogP contribution in [-0.2, 0) is 6.54 Å². The second-order valence-corrected chi connectivity index (χ2v) is 6.07. The zero-order chi connectivity index (χ0) is 12.8. The van der Waals surface area contributed by atoms with Crippen molar-refractivity contribution >= 4 is 17.4 Å². The zero-order valence-corrected chi connectivity index (χ0v) is 11.7. The molecule has 18 heavy (non-hydrogen) atoms. The maximum atomic E-state index is 11.8. The minimum atomic E-state index is -0.00250. The van der Waals surface area contributed by atoms with Crippen LogP contribution in [0.25, 0.3) is 0 Å². The standard InChI is InChI=1S/C13H21N3OS/c1-2-18-7-3-6-16-13(17)8-12(10-15-16)14-9-11-4-5-11/h8,10-11,14H,2-7,9H2,1H3. The molecule has 1 saturated carbocycles. The first-order valence-corrected chi connectivity index (χ1v) is 7.84. The average molecular weight is 267 g/mol. The van der Waals surface area contributed by atoms with Gasteiger partial charge >= 0.3 is 0 Å². The van der Waals surface area contributed by atoms with Crippen LogP contribution in [-0.4, -0.2) is 27.8 Å². The average Bonchev–Trinajstić information content (AvgIpc) is 3.18. The van der Waals surface area contributed by atoms with E-state index in [1.54, 1.807) is 16.9 Å². The van der Waals surface area contributed by atoms with Crippen molar-refractivity contribution in [1.29, 1.82) is 0 Å². The highest BCUT2D eigenvalue weighted by Gasteiger charge is 2.20. The maximum absolute atomic E-state index is 11.8. The summed E-state index contributed by atoms with van der Waals surface area (Å²) in [5, 5.41) is 7.48. The minimum absolute atomic E-state index is 0.00250. The van der Waals surface area contributed by atoms with Gasteiger partial charge in [-0.3, -0.25) is 4.79 Å². The van der Waals surface area contributed by atoms with E-state index < -0.39 is 0 Å². The van der Waals surface area contributed by atoms with Crippen LogP contribution in [0.2, 0.25) is 0 Å². The molecule has 0 radical (unpaired) electrons. The molecule has 1 N–H and O–H groups in total. The molecule has 0 saturated heterocycles. The molecule has 0 atom stereocenters. The Morgan fingerprint density at radius 2 is 2.39 bits per heavy atom. The molecular formula is C13H21N3OS. The summed E-state index contributed by atoms with van der Waals surface area (Å²) < 4.78 is 1.55. The first-order valence-electron chi connectivity index (χ1n) is 6.68. The summed E-state index contributed by atoms with van der Waals surface area (Å²) >= 11 is 1.90. The molecule has 1 fully saturated rings. The van der Waals surface area contributed by atoms with Crippen molar-refractivity contribution in [3.8, 4) is 0 Å². The number of rotatable bonds is 8. The van der Waals surface area contributed by atoms with E-state index in [0.717, 1.165) is 42.6 Å². The number of aryl methyl sites for hydroxylation is 1. The highest BCUT2D eigenvalue weighted by molar-refractivity contribution is 7.99. The second-order valence-electron chi connectivity index (χ2n) is 4.68. The normalized spacial score (nSPS) is 14.7. The van der Waals surface area contributed by atoms with Gasteiger partial charge in [-0.2, -0.15) is 16.9 Å². The van der Waals surface area contributed by atoms with Gasteiger partial charge < -0.3 is 5.32 Å². The Morgan fingerprint density at radius 1 is 1.56 bits per heavy atom. The molecule has 1 heterocycles. The quantitative estimate of drug-likeness (QED) is 0.734. The van der Waals surface area contributed by atoms with Crippen molar-refractivity contribution in [3.05, 3.63) is 22.6 Å². The van der Waals surface area contributed by atoms with E-state index in [0.29, 0.717) is 0 Å². The predicted molar refractivity (Wildman–Crippen MR) is 77.3 cm³/mol. The summed E-state index contributed by atoms with van der Waals surface area (Å²) in [5.41, 5.74) is 0.850. The molecule has 0 amide bonds. The monoisotopic (exact) mass is 267 g/mol. The van der Waals surface area contributed by atoms with Crippen LogP contribution in [0.15, 0.2) is 17.1 Å². The number of nitrogens with zero attached hydrogens (tertiary/aromatic N) is 2. The number of hydrogen-bond donors (Lipinski definition) is 1. The Balaban J connectivity index is 1.81. The van der Waals surface area contributed by atoms with Crippen LogP contribution in [0.5, 0.6) is 0 Å². The van der Waals surface area contributed by atoms with E-state index in [2.05, 4.69) is 17.3 Å². The van der Waals surface area contributed by atoms with Gasteiger partial charge in [0.15, 0.2) is 0 Å². The second kappa shape index (κ2) is 6.83.